The van der Waals surface area contributed by atoms with Gasteiger partial charge < -0.3 is 15.5 Å². The zero-order chi connectivity index (χ0) is 19.1. The molecular formula is C20H18N6OS. The number of anilines is 2. The van der Waals surface area contributed by atoms with Gasteiger partial charge in [0, 0.05) is 37.8 Å². The van der Waals surface area contributed by atoms with Crippen molar-refractivity contribution in [3.8, 4) is 0 Å². The lowest BCUT2D eigenvalue weighted by Gasteiger charge is -2.35. The van der Waals surface area contributed by atoms with Crippen LogP contribution in [0.2, 0.25) is 0 Å². The molecule has 8 heteroatoms. The number of carbonyl (C=O) groups is 1. The quantitative estimate of drug-likeness (QED) is 0.566. The first-order valence-corrected chi connectivity index (χ1v) is 9.97. The van der Waals surface area contributed by atoms with Crippen LogP contribution in [0.1, 0.15) is 10.5 Å². The maximum Gasteiger partial charge on any atom is 0.272 e. The number of hydrogen-bond acceptors (Lipinski definition) is 7. The Labute approximate surface area is 165 Å². The highest BCUT2D eigenvalue weighted by atomic mass is 32.1. The molecule has 1 aliphatic rings. The van der Waals surface area contributed by atoms with E-state index in [0.717, 1.165) is 26.8 Å². The fourth-order valence-electron chi connectivity index (χ4n) is 3.58. The molecule has 1 fully saturated rings. The maximum atomic E-state index is 12.9. The van der Waals surface area contributed by atoms with E-state index in [9.17, 15) is 4.79 Å². The SMILES string of the molecule is Nc1nc(N2CCN(C(=O)c3cc4ccccc4cn3)CC2)c2ccsc2n1. The van der Waals surface area contributed by atoms with Gasteiger partial charge in [0.15, 0.2) is 0 Å². The molecular weight excluding hydrogens is 372 g/mol. The van der Waals surface area contributed by atoms with Gasteiger partial charge in [0.25, 0.3) is 5.91 Å². The number of hydrogen-bond donors (Lipinski definition) is 1. The topological polar surface area (TPSA) is 88.2 Å². The first-order valence-electron chi connectivity index (χ1n) is 9.09. The number of nitrogens with two attached hydrogens (primary N) is 1. The van der Waals surface area contributed by atoms with Crippen LogP contribution in [0.5, 0.6) is 0 Å². The average Bonchev–Trinajstić information content (AvgIpc) is 3.21. The van der Waals surface area contributed by atoms with Crippen LogP contribution in [0.15, 0.2) is 48.0 Å². The average molecular weight is 390 g/mol. The number of rotatable bonds is 2. The van der Waals surface area contributed by atoms with Gasteiger partial charge in [-0.3, -0.25) is 9.78 Å². The summed E-state index contributed by atoms with van der Waals surface area (Å²) in [5.41, 5.74) is 6.36. The third-order valence-electron chi connectivity index (χ3n) is 5.04. The first kappa shape index (κ1) is 16.9. The second-order valence-electron chi connectivity index (χ2n) is 6.74. The maximum absolute atomic E-state index is 12.9. The molecule has 0 atom stereocenters. The summed E-state index contributed by atoms with van der Waals surface area (Å²) >= 11 is 1.55. The van der Waals surface area contributed by atoms with E-state index in [-0.39, 0.29) is 11.9 Å². The van der Waals surface area contributed by atoms with Gasteiger partial charge in [-0.25, -0.2) is 4.98 Å². The number of carbonyl (C=O) groups excluding carboxylic acids is 1. The van der Waals surface area contributed by atoms with E-state index < -0.39 is 0 Å². The highest BCUT2D eigenvalue weighted by molar-refractivity contribution is 7.16. The van der Waals surface area contributed by atoms with Crippen LogP contribution in [-0.2, 0) is 0 Å². The van der Waals surface area contributed by atoms with Crippen LogP contribution in [-0.4, -0.2) is 51.9 Å². The van der Waals surface area contributed by atoms with Crippen molar-refractivity contribution in [1.82, 2.24) is 19.9 Å². The van der Waals surface area contributed by atoms with E-state index in [0.29, 0.717) is 31.9 Å². The van der Waals surface area contributed by atoms with E-state index >= 15 is 0 Å². The van der Waals surface area contributed by atoms with Gasteiger partial charge in [-0.2, -0.15) is 4.98 Å². The molecule has 2 N–H and O–H groups in total. The van der Waals surface area contributed by atoms with Crippen molar-refractivity contribution < 1.29 is 4.79 Å². The van der Waals surface area contributed by atoms with Crippen molar-refractivity contribution >= 4 is 50.0 Å². The minimum atomic E-state index is -0.0340. The Morgan fingerprint density at radius 1 is 1.04 bits per heavy atom. The minimum Gasteiger partial charge on any atom is -0.368 e. The molecule has 7 nitrogen and oxygen atoms in total. The summed E-state index contributed by atoms with van der Waals surface area (Å²) in [6, 6.07) is 11.8. The van der Waals surface area contributed by atoms with Gasteiger partial charge in [0.05, 0.1) is 5.39 Å². The molecule has 0 bridgehead atoms. The molecule has 4 heterocycles. The summed E-state index contributed by atoms with van der Waals surface area (Å²) in [6.45, 7) is 2.62. The van der Waals surface area contributed by atoms with Gasteiger partial charge in [0.1, 0.15) is 16.3 Å². The number of pyridine rings is 1. The predicted octanol–water partition coefficient (Wildman–Crippen LogP) is 2.78. The Bertz CT molecular complexity index is 1180. The van der Waals surface area contributed by atoms with E-state index in [4.69, 9.17) is 5.73 Å². The zero-order valence-electron chi connectivity index (χ0n) is 15.1. The monoisotopic (exact) mass is 390 g/mol. The normalized spacial score (nSPS) is 14.7. The molecule has 5 rings (SSSR count). The fraction of sp³-hybridized carbons (Fsp3) is 0.200. The Kier molecular flexibility index (Phi) is 4.05. The number of nitrogen functional groups attached to an aromatic ring is 1. The fourth-order valence-corrected chi connectivity index (χ4v) is 4.35. The second kappa shape index (κ2) is 6.72. The summed E-state index contributed by atoms with van der Waals surface area (Å²) in [7, 11) is 0. The van der Waals surface area contributed by atoms with Gasteiger partial charge in [-0.05, 0) is 22.9 Å². The molecule has 0 aliphatic carbocycles. The molecule has 3 aromatic heterocycles. The third kappa shape index (κ3) is 2.91. The van der Waals surface area contributed by atoms with E-state index in [1.807, 2.05) is 46.7 Å². The molecule has 0 saturated carbocycles. The van der Waals surface area contributed by atoms with Crippen LogP contribution < -0.4 is 10.6 Å². The first-order chi connectivity index (χ1) is 13.7. The Balaban J connectivity index is 1.34. The predicted molar refractivity (Wildman–Crippen MR) is 112 cm³/mol. The lowest BCUT2D eigenvalue weighted by atomic mass is 10.1. The molecule has 1 aromatic carbocycles. The number of nitrogens with zero attached hydrogens (tertiary/aromatic N) is 5. The second-order valence-corrected chi connectivity index (χ2v) is 7.64. The smallest absolute Gasteiger partial charge is 0.272 e. The standard InChI is InChI=1S/C20H18N6OS/c21-20-23-17(15-5-10-28-18(15)24-20)25-6-8-26(9-7-25)19(27)16-11-13-3-1-2-4-14(13)12-22-16/h1-5,10-12H,6-9H2,(H2,21,23,24). The van der Waals surface area contributed by atoms with Gasteiger partial charge >= 0.3 is 0 Å². The molecule has 140 valence electrons. The number of amides is 1. The highest BCUT2D eigenvalue weighted by Crippen LogP contribution is 2.29. The minimum absolute atomic E-state index is 0.0340. The summed E-state index contributed by atoms with van der Waals surface area (Å²) in [4.78, 5) is 30.9. The van der Waals surface area contributed by atoms with Crippen molar-refractivity contribution in [2.24, 2.45) is 0 Å². The van der Waals surface area contributed by atoms with Crippen molar-refractivity contribution in [1.29, 1.82) is 0 Å². The summed E-state index contributed by atoms with van der Waals surface area (Å²) in [5, 5.41) is 5.06. The van der Waals surface area contributed by atoms with Crippen LogP contribution in [0.4, 0.5) is 11.8 Å². The molecule has 28 heavy (non-hydrogen) atoms. The number of piperazine rings is 1. The molecule has 4 aromatic rings. The summed E-state index contributed by atoms with van der Waals surface area (Å²) in [6.07, 6.45) is 1.76. The lowest BCUT2D eigenvalue weighted by molar-refractivity contribution is 0.0741. The largest absolute Gasteiger partial charge is 0.368 e. The molecule has 1 aliphatic heterocycles. The van der Waals surface area contributed by atoms with E-state index in [2.05, 4.69) is 19.9 Å². The zero-order valence-corrected chi connectivity index (χ0v) is 15.9. The number of thiophene rings is 1. The molecule has 0 unspecified atom stereocenters. The van der Waals surface area contributed by atoms with Gasteiger partial charge in [-0.1, -0.05) is 24.3 Å². The molecule has 1 amide bonds. The molecule has 0 radical (unpaired) electrons. The van der Waals surface area contributed by atoms with Crippen molar-refractivity contribution in [2.45, 2.75) is 0 Å². The van der Waals surface area contributed by atoms with Crippen LogP contribution in [0.25, 0.3) is 21.0 Å². The molecule has 1 saturated heterocycles. The Morgan fingerprint density at radius 3 is 2.64 bits per heavy atom. The number of fused-ring (bicyclic) bond motifs is 2. The van der Waals surface area contributed by atoms with Crippen molar-refractivity contribution in [3.05, 3.63) is 53.7 Å². The van der Waals surface area contributed by atoms with Crippen molar-refractivity contribution in [3.63, 3.8) is 0 Å². The van der Waals surface area contributed by atoms with E-state index in [1.165, 1.54) is 0 Å². The van der Waals surface area contributed by atoms with Crippen LogP contribution in [0.3, 0.4) is 0 Å². The summed E-state index contributed by atoms with van der Waals surface area (Å²) in [5.74, 6) is 1.09. The highest BCUT2D eigenvalue weighted by Gasteiger charge is 2.25. The van der Waals surface area contributed by atoms with Gasteiger partial charge in [-0.15, -0.1) is 11.3 Å². The van der Waals surface area contributed by atoms with E-state index in [1.54, 1.807) is 17.5 Å². The Hall–Kier alpha value is -3.26. The number of aromatic nitrogens is 3. The number of benzene rings is 1. The molecule has 0 spiro atoms. The van der Waals surface area contributed by atoms with Crippen molar-refractivity contribution in [2.75, 3.05) is 36.8 Å². The third-order valence-corrected chi connectivity index (χ3v) is 5.85. The van der Waals surface area contributed by atoms with Crippen LogP contribution >= 0.6 is 11.3 Å². The summed E-state index contributed by atoms with van der Waals surface area (Å²) < 4.78 is 0. The Morgan fingerprint density at radius 2 is 1.82 bits per heavy atom. The van der Waals surface area contributed by atoms with Gasteiger partial charge in [0.2, 0.25) is 5.95 Å². The lowest BCUT2D eigenvalue weighted by Crippen LogP contribution is -2.49. The van der Waals surface area contributed by atoms with Crippen LogP contribution in [0, 0.1) is 0 Å².